The van der Waals surface area contributed by atoms with Crippen LogP contribution < -0.4 is 14.2 Å². The van der Waals surface area contributed by atoms with Gasteiger partial charge in [-0.2, -0.15) is 0 Å². The maximum absolute atomic E-state index is 12.8. The molecule has 3 aromatic carbocycles. The molecule has 8 rings (SSSR count). The number of nitrogens with zero attached hydrogens (tertiary/aromatic N) is 1. The van der Waals surface area contributed by atoms with Crippen LogP contribution in [0.4, 0.5) is 0 Å². The lowest BCUT2D eigenvalue weighted by molar-refractivity contribution is 0.0699. The summed E-state index contributed by atoms with van der Waals surface area (Å²) in [6.45, 7) is 0. The number of carboxylic acids is 1. The number of hydrogen-bond donors (Lipinski definition) is 4. The molecule has 5 heterocycles. The van der Waals surface area contributed by atoms with Gasteiger partial charge in [0.15, 0.2) is 0 Å². The molecule has 8 bridgehead atoms. The van der Waals surface area contributed by atoms with Gasteiger partial charge in [0.05, 0.1) is 49.3 Å². The van der Waals surface area contributed by atoms with E-state index in [1.165, 1.54) is 0 Å². The van der Waals surface area contributed by atoms with E-state index < -0.39 is 5.97 Å². The van der Waals surface area contributed by atoms with Crippen LogP contribution in [0.3, 0.4) is 0 Å². The lowest BCUT2D eigenvalue weighted by Gasteiger charge is -2.07. The predicted molar refractivity (Wildman–Crippen MR) is 198 cm³/mol. The zero-order valence-corrected chi connectivity index (χ0v) is 27.5. The number of carboxylic acid groups (broad SMARTS) is 1. The summed E-state index contributed by atoms with van der Waals surface area (Å²) in [4.78, 5) is 28.7. The number of ether oxygens (including phenoxy) is 3. The van der Waals surface area contributed by atoms with Gasteiger partial charge in [0.2, 0.25) is 0 Å². The Balaban J connectivity index is 1.55. The first-order chi connectivity index (χ1) is 24.4. The van der Waals surface area contributed by atoms with Gasteiger partial charge in [0.25, 0.3) is 0 Å². The zero-order chi connectivity index (χ0) is 34.4. The highest BCUT2D eigenvalue weighted by Gasteiger charge is 2.19. The Labute approximate surface area is 286 Å². The van der Waals surface area contributed by atoms with Gasteiger partial charge in [-0.25, -0.2) is 9.78 Å². The van der Waals surface area contributed by atoms with Crippen molar-refractivity contribution in [3.8, 4) is 50.6 Å². The smallest absolute Gasteiger partial charge is 0.337 e. The number of aromatic nitrogens is 4. The van der Waals surface area contributed by atoms with Gasteiger partial charge in [-0.15, -0.1) is 0 Å². The minimum absolute atomic E-state index is 0.129. The van der Waals surface area contributed by atoms with E-state index in [9.17, 15) is 9.90 Å². The first-order valence-corrected chi connectivity index (χ1v) is 16.0. The Morgan fingerprint density at radius 3 is 1.42 bits per heavy atom. The molecule has 7 aromatic rings. The fourth-order valence-corrected chi connectivity index (χ4v) is 6.59. The highest BCUT2D eigenvalue weighted by molar-refractivity contribution is 6.08. The highest BCUT2D eigenvalue weighted by atomic mass is 16.5. The molecule has 0 radical (unpaired) electrons. The maximum atomic E-state index is 12.8. The second-order valence-electron chi connectivity index (χ2n) is 11.9. The number of methoxy groups -OCH3 is 3. The Morgan fingerprint density at radius 1 is 0.520 bits per heavy atom. The van der Waals surface area contributed by atoms with Crippen LogP contribution in [-0.4, -0.2) is 52.3 Å². The van der Waals surface area contributed by atoms with E-state index in [-0.39, 0.29) is 5.56 Å². The van der Waals surface area contributed by atoms with Crippen molar-refractivity contribution in [1.29, 1.82) is 0 Å². The molecular weight excluding hydrogens is 628 g/mol. The summed E-state index contributed by atoms with van der Waals surface area (Å²) in [5.74, 6) is 1.13. The Hall–Kier alpha value is -6.74. The second-order valence-corrected chi connectivity index (χ2v) is 11.9. The van der Waals surface area contributed by atoms with Gasteiger partial charge in [-0.1, -0.05) is 36.4 Å². The molecule has 0 fully saturated rings. The Kier molecular flexibility index (Phi) is 7.57. The molecule has 0 unspecified atom stereocenters. The maximum Gasteiger partial charge on any atom is 0.337 e. The summed E-state index contributed by atoms with van der Waals surface area (Å²) in [6, 6.07) is 33.1. The van der Waals surface area contributed by atoms with Crippen molar-refractivity contribution < 1.29 is 24.1 Å². The fraction of sp³-hybridized carbons (Fsp3) is 0.0732. The number of benzene rings is 3. The monoisotopic (exact) mass is 660 g/mol. The minimum atomic E-state index is -1.05. The average Bonchev–Trinajstić information content (AvgIpc) is 3.98. The number of aromatic carboxylic acids is 1. The summed E-state index contributed by atoms with van der Waals surface area (Å²) in [7, 11) is 4.91. The lowest BCUT2D eigenvalue weighted by Crippen LogP contribution is -1.95. The topological polar surface area (TPSA) is 125 Å². The molecule has 0 spiro atoms. The predicted octanol–water partition coefficient (Wildman–Crippen LogP) is 9.42. The third-order valence-electron chi connectivity index (χ3n) is 9.06. The minimum Gasteiger partial charge on any atom is -0.497 e. The molecule has 0 saturated carbocycles. The summed E-state index contributed by atoms with van der Waals surface area (Å²) in [5, 5.41) is 10.5. The summed E-state index contributed by atoms with van der Waals surface area (Å²) < 4.78 is 16.4. The number of fused-ring (bicyclic) bond motifs is 9. The molecule has 1 aliphatic heterocycles. The highest BCUT2D eigenvalue weighted by Crippen LogP contribution is 2.37. The molecule has 0 saturated heterocycles. The SMILES string of the molecule is COc1ccc(-c2c3nc(c4cc(C(=O)O)c([nH]4)c(-c4ccc(OC)cc4)c4ccc([nH]4)c(-c4ccc(OC)cc4)c4ccc2[nH]4)C=C3)cc1. The van der Waals surface area contributed by atoms with Crippen molar-refractivity contribution in [1.82, 2.24) is 19.9 Å². The molecule has 9 heteroatoms. The van der Waals surface area contributed by atoms with E-state index in [1.54, 1.807) is 27.4 Å². The Morgan fingerprint density at radius 2 is 0.940 bits per heavy atom. The van der Waals surface area contributed by atoms with E-state index in [1.807, 2.05) is 97.1 Å². The number of H-pyrrole nitrogens is 3. The van der Waals surface area contributed by atoms with E-state index in [0.717, 1.165) is 67.1 Å². The van der Waals surface area contributed by atoms with Crippen molar-refractivity contribution >= 4 is 51.2 Å². The average molecular weight is 661 g/mol. The van der Waals surface area contributed by atoms with Gasteiger partial charge in [-0.05, 0) is 95.6 Å². The molecule has 246 valence electrons. The molecule has 0 aliphatic carbocycles. The molecule has 9 nitrogen and oxygen atoms in total. The van der Waals surface area contributed by atoms with Gasteiger partial charge in [0.1, 0.15) is 17.2 Å². The summed E-state index contributed by atoms with van der Waals surface area (Å²) in [6.07, 6.45) is 3.87. The number of carbonyl (C=O) groups is 1. The number of aromatic amines is 3. The summed E-state index contributed by atoms with van der Waals surface area (Å²) in [5.41, 5.74) is 11.0. The van der Waals surface area contributed by atoms with Crippen molar-refractivity contribution in [3.05, 3.63) is 120 Å². The summed E-state index contributed by atoms with van der Waals surface area (Å²) >= 11 is 0. The van der Waals surface area contributed by atoms with Crippen molar-refractivity contribution in [3.63, 3.8) is 0 Å². The number of rotatable bonds is 7. The molecular formula is C41H32N4O5. The molecule has 0 atom stereocenters. The van der Waals surface area contributed by atoms with Crippen molar-refractivity contribution in [2.24, 2.45) is 0 Å². The van der Waals surface area contributed by atoms with Crippen LogP contribution in [0.15, 0.2) is 103 Å². The van der Waals surface area contributed by atoms with Gasteiger partial charge < -0.3 is 34.3 Å². The van der Waals surface area contributed by atoms with Crippen LogP contribution in [0.2, 0.25) is 0 Å². The first-order valence-electron chi connectivity index (χ1n) is 16.0. The van der Waals surface area contributed by atoms with Crippen LogP contribution >= 0.6 is 0 Å². The van der Waals surface area contributed by atoms with Crippen molar-refractivity contribution in [2.45, 2.75) is 0 Å². The van der Waals surface area contributed by atoms with E-state index in [2.05, 4.69) is 27.1 Å². The fourth-order valence-electron chi connectivity index (χ4n) is 6.59. The van der Waals surface area contributed by atoms with Crippen molar-refractivity contribution in [2.75, 3.05) is 21.3 Å². The third kappa shape index (κ3) is 5.31. The van der Waals surface area contributed by atoms with Crippen LogP contribution in [-0.2, 0) is 0 Å². The zero-order valence-electron chi connectivity index (χ0n) is 27.5. The molecule has 1 aliphatic rings. The largest absolute Gasteiger partial charge is 0.497 e. The van der Waals surface area contributed by atoms with Crippen LogP contribution in [0.5, 0.6) is 17.2 Å². The normalized spacial score (nSPS) is 11.6. The lowest BCUT2D eigenvalue weighted by atomic mass is 10.0. The quantitative estimate of drug-likeness (QED) is 0.135. The molecule has 50 heavy (non-hydrogen) atoms. The number of hydrogen-bond acceptors (Lipinski definition) is 5. The van der Waals surface area contributed by atoms with Crippen LogP contribution in [0, 0.1) is 0 Å². The Bertz CT molecular complexity index is 2560. The molecule has 4 N–H and O–H groups in total. The van der Waals surface area contributed by atoms with Gasteiger partial charge in [-0.3, -0.25) is 0 Å². The van der Waals surface area contributed by atoms with E-state index in [0.29, 0.717) is 28.0 Å². The first kappa shape index (κ1) is 30.6. The van der Waals surface area contributed by atoms with Gasteiger partial charge in [0, 0.05) is 38.8 Å². The number of nitrogens with one attached hydrogen (secondary N) is 3. The standard InChI is InChI=1S/C41H32N4O5/c1-48-26-10-4-23(5-11-26)37-31-17-16-30(42-31)36-22-29(41(46)47)40(45-36)39(25-8-14-28(50-3)15-9-25)35-21-20-34(44-35)38(33-19-18-32(37)43-33)24-6-12-27(49-2)13-7-24/h4-22,43-45H,1-3H3,(H,46,47). The third-order valence-corrected chi connectivity index (χ3v) is 9.06. The molecule has 4 aromatic heterocycles. The van der Waals surface area contributed by atoms with Gasteiger partial charge >= 0.3 is 5.97 Å². The second kappa shape index (κ2) is 12.4. The van der Waals surface area contributed by atoms with Crippen LogP contribution in [0.25, 0.3) is 78.6 Å². The van der Waals surface area contributed by atoms with E-state index >= 15 is 0 Å². The van der Waals surface area contributed by atoms with E-state index in [4.69, 9.17) is 19.2 Å². The van der Waals surface area contributed by atoms with Crippen LogP contribution in [0.1, 0.15) is 21.7 Å². The molecule has 0 amide bonds.